The van der Waals surface area contributed by atoms with E-state index >= 15 is 0 Å². The molecule has 2 amide bonds. The molecule has 0 aromatic carbocycles. The number of likely N-dealkylation sites (N-methyl/N-ethyl adjacent to an activating group) is 1. The zero-order valence-corrected chi connectivity index (χ0v) is 8.95. The number of carbonyl (C=O) groups is 2. The van der Waals surface area contributed by atoms with Crippen molar-refractivity contribution in [1.29, 1.82) is 5.26 Å². The van der Waals surface area contributed by atoms with Crippen molar-refractivity contribution < 1.29 is 14.3 Å². The van der Waals surface area contributed by atoms with Crippen LogP contribution in [0.1, 0.15) is 6.42 Å². The molecule has 0 heterocycles. The van der Waals surface area contributed by atoms with Gasteiger partial charge in [0.15, 0.2) is 0 Å². The predicted molar refractivity (Wildman–Crippen MR) is 52.8 cm³/mol. The van der Waals surface area contributed by atoms with Gasteiger partial charge in [0.25, 0.3) is 0 Å². The molecule has 0 unspecified atom stereocenters. The fraction of sp³-hybridized carbons (Fsp3) is 0.667. The molecule has 15 heavy (non-hydrogen) atoms. The quantitative estimate of drug-likeness (QED) is 0.365. The first kappa shape index (κ1) is 13.4. The zero-order chi connectivity index (χ0) is 11.7. The summed E-state index contributed by atoms with van der Waals surface area (Å²) in [5, 5.41) is 10.4. The molecule has 0 spiro atoms. The van der Waals surface area contributed by atoms with Gasteiger partial charge in [-0.2, -0.15) is 5.26 Å². The number of amides is 2. The highest BCUT2D eigenvalue weighted by atomic mass is 16.5. The van der Waals surface area contributed by atoms with Crippen LogP contribution in [-0.2, 0) is 14.3 Å². The SMILES string of the molecule is COCCCN(C)C(=O)C(=O)NCC#N. The van der Waals surface area contributed by atoms with Crippen LogP contribution in [-0.4, -0.2) is 50.6 Å². The normalized spacial score (nSPS) is 9.13. The topological polar surface area (TPSA) is 82.4 Å². The minimum atomic E-state index is -0.753. The molecular formula is C9H15N3O3. The van der Waals surface area contributed by atoms with E-state index in [-0.39, 0.29) is 6.54 Å². The fourth-order valence-corrected chi connectivity index (χ4v) is 0.916. The van der Waals surface area contributed by atoms with Gasteiger partial charge in [0.05, 0.1) is 6.07 Å². The second kappa shape index (κ2) is 7.76. The number of nitriles is 1. The zero-order valence-electron chi connectivity index (χ0n) is 8.95. The lowest BCUT2D eigenvalue weighted by Gasteiger charge is -2.15. The van der Waals surface area contributed by atoms with Gasteiger partial charge in [-0.1, -0.05) is 0 Å². The number of rotatable bonds is 5. The average Bonchev–Trinajstić information content (AvgIpc) is 2.24. The Balaban J connectivity index is 3.87. The third-order valence-electron chi connectivity index (χ3n) is 1.71. The van der Waals surface area contributed by atoms with E-state index in [0.717, 1.165) is 0 Å². The summed E-state index contributed by atoms with van der Waals surface area (Å²) < 4.78 is 4.82. The maximum atomic E-state index is 11.3. The molecule has 0 aliphatic heterocycles. The molecule has 0 fully saturated rings. The van der Waals surface area contributed by atoms with Crippen molar-refractivity contribution in [3.05, 3.63) is 0 Å². The Labute approximate surface area is 88.8 Å². The molecule has 0 atom stereocenters. The Morgan fingerprint density at radius 1 is 1.53 bits per heavy atom. The van der Waals surface area contributed by atoms with Crippen molar-refractivity contribution in [3.63, 3.8) is 0 Å². The summed E-state index contributed by atoms with van der Waals surface area (Å²) in [5.74, 6) is -1.39. The van der Waals surface area contributed by atoms with E-state index in [2.05, 4.69) is 5.32 Å². The van der Waals surface area contributed by atoms with Gasteiger partial charge in [-0.3, -0.25) is 9.59 Å². The summed E-state index contributed by atoms with van der Waals surface area (Å²) in [6, 6.07) is 1.72. The largest absolute Gasteiger partial charge is 0.385 e. The molecule has 84 valence electrons. The molecule has 0 rings (SSSR count). The lowest BCUT2D eigenvalue weighted by molar-refractivity contribution is -0.144. The number of methoxy groups -OCH3 is 1. The standard InChI is InChI=1S/C9H15N3O3/c1-12(6-3-7-15-2)9(14)8(13)11-5-4-10/h3,5-7H2,1-2H3,(H,11,13). The van der Waals surface area contributed by atoms with Gasteiger partial charge in [0.2, 0.25) is 0 Å². The average molecular weight is 213 g/mol. The fourth-order valence-electron chi connectivity index (χ4n) is 0.916. The minimum absolute atomic E-state index is 0.156. The van der Waals surface area contributed by atoms with Crippen LogP contribution in [0.4, 0.5) is 0 Å². The van der Waals surface area contributed by atoms with E-state index in [1.54, 1.807) is 13.2 Å². The van der Waals surface area contributed by atoms with E-state index in [1.165, 1.54) is 11.9 Å². The van der Waals surface area contributed by atoms with Gasteiger partial charge in [0.1, 0.15) is 6.54 Å². The van der Waals surface area contributed by atoms with E-state index < -0.39 is 11.8 Å². The van der Waals surface area contributed by atoms with Gasteiger partial charge in [-0.15, -0.1) is 0 Å². The summed E-state index contributed by atoms with van der Waals surface area (Å²) >= 11 is 0. The second-order valence-corrected chi connectivity index (χ2v) is 2.91. The van der Waals surface area contributed by atoms with Crippen LogP contribution >= 0.6 is 0 Å². The second-order valence-electron chi connectivity index (χ2n) is 2.91. The monoisotopic (exact) mass is 213 g/mol. The van der Waals surface area contributed by atoms with Crippen molar-refractivity contribution in [1.82, 2.24) is 10.2 Å². The van der Waals surface area contributed by atoms with E-state index in [1.807, 2.05) is 0 Å². The number of carbonyl (C=O) groups excluding carboxylic acids is 2. The highest BCUT2D eigenvalue weighted by molar-refractivity contribution is 6.34. The number of nitrogens with zero attached hydrogens (tertiary/aromatic N) is 2. The Morgan fingerprint density at radius 3 is 2.73 bits per heavy atom. The lowest BCUT2D eigenvalue weighted by atomic mass is 10.4. The summed E-state index contributed by atoms with van der Waals surface area (Å²) in [6.45, 7) is 0.834. The Kier molecular flexibility index (Phi) is 6.93. The highest BCUT2D eigenvalue weighted by Crippen LogP contribution is 1.89. The molecule has 0 saturated heterocycles. The van der Waals surface area contributed by atoms with Crippen molar-refractivity contribution in [2.45, 2.75) is 6.42 Å². The van der Waals surface area contributed by atoms with E-state index in [9.17, 15) is 9.59 Å². The molecule has 6 nitrogen and oxygen atoms in total. The van der Waals surface area contributed by atoms with Crippen LogP contribution in [0.15, 0.2) is 0 Å². The van der Waals surface area contributed by atoms with Crippen LogP contribution in [0.25, 0.3) is 0 Å². The number of hydrogen-bond donors (Lipinski definition) is 1. The molecule has 0 aromatic rings. The molecule has 0 bridgehead atoms. The Morgan fingerprint density at radius 2 is 2.20 bits per heavy atom. The van der Waals surface area contributed by atoms with Crippen molar-refractivity contribution in [2.24, 2.45) is 0 Å². The summed E-state index contributed by atoms with van der Waals surface area (Å²) in [4.78, 5) is 23.7. The molecule has 0 aliphatic carbocycles. The molecular weight excluding hydrogens is 198 g/mol. The van der Waals surface area contributed by atoms with Gasteiger partial charge in [-0.25, -0.2) is 0 Å². The first-order valence-corrected chi connectivity index (χ1v) is 4.52. The maximum Gasteiger partial charge on any atom is 0.311 e. The van der Waals surface area contributed by atoms with E-state index in [4.69, 9.17) is 10.00 Å². The molecule has 0 aliphatic rings. The van der Waals surface area contributed by atoms with Crippen LogP contribution in [0, 0.1) is 11.3 Å². The first-order chi connectivity index (χ1) is 7.13. The number of nitrogens with one attached hydrogen (secondary N) is 1. The number of ether oxygens (including phenoxy) is 1. The smallest absolute Gasteiger partial charge is 0.311 e. The third kappa shape index (κ3) is 5.65. The number of hydrogen-bond acceptors (Lipinski definition) is 4. The van der Waals surface area contributed by atoms with Crippen LogP contribution in [0.2, 0.25) is 0 Å². The molecule has 0 aromatic heterocycles. The third-order valence-corrected chi connectivity index (χ3v) is 1.71. The van der Waals surface area contributed by atoms with Gasteiger partial charge in [-0.05, 0) is 6.42 Å². The first-order valence-electron chi connectivity index (χ1n) is 4.52. The molecule has 0 radical (unpaired) electrons. The van der Waals surface area contributed by atoms with Gasteiger partial charge in [0, 0.05) is 27.3 Å². The van der Waals surface area contributed by atoms with Crippen LogP contribution in [0.3, 0.4) is 0 Å². The van der Waals surface area contributed by atoms with Crippen LogP contribution in [0.5, 0.6) is 0 Å². The highest BCUT2D eigenvalue weighted by Gasteiger charge is 2.17. The van der Waals surface area contributed by atoms with Crippen LogP contribution < -0.4 is 5.32 Å². The van der Waals surface area contributed by atoms with Crippen molar-refractivity contribution >= 4 is 11.8 Å². The molecule has 1 N–H and O–H groups in total. The maximum absolute atomic E-state index is 11.3. The Hall–Kier alpha value is -1.61. The van der Waals surface area contributed by atoms with Gasteiger partial charge < -0.3 is 15.0 Å². The summed E-state index contributed by atoms with van der Waals surface area (Å²) in [7, 11) is 3.10. The molecule has 0 saturated carbocycles. The van der Waals surface area contributed by atoms with E-state index in [0.29, 0.717) is 19.6 Å². The molecule has 6 heteroatoms. The lowest BCUT2D eigenvalue weighted by Crippen LogP contribution is -2.41. The minimum Gasteiger partial charge on any atom is -0.385 e. The summed E-state index contributed by atoms with van der Waals surface area (Å²) in [6.07, 6.45) is 0.671. The van der Waals surface area contributed by atoms with Crippen molar-refractivity contribution in [2.75, 3.05) is 33.9 Å². The van der Waals surface area contributed by atoms with Crippen molar-refractivity contribution in [3.8, 4) is 6.07 Å². The van der Waals surface area contributed by atoms with Gasteiger partial charge >= 0.3 is 11.8 Å². The predicted octanol–water partition coefficient (Wildman–Crippen LogP) is -0.879. The summed E-state index contributed by atoms with van der Waals surface area (Å²) in [5.41, 5.74) is 0. The Bertz CT molecular complexity index is 260.